The van der Waals surface area contributed by atoms with Gasteiger partial charge in [-0.25, -0.2) is 15.0 Å². The summed E-state index contributed by atoms with van der Waals surface area (Å²) in [6, 6.07) is 3.78. The van der Waals surface area contributed by atoms with E-state index in [1.807, 2.05) is 19.2 Å². The summed E-state index contributed by atoms with van der Waals surface area (Å²) in [7, 11) is 5.02. The molecule has 2 aromatic heterocycles. The van der Waals surface area contributed by atoms with Gasteiger partial charge in [0.2, 0.25) is 0 Å². The van der Waals surface area contributed by atoms with Gasteiger partial charge < -0.3 is 24.3 Å². The fourth-order valence-corrected chi connectivity index (χ4v) is 3.74. The quantitative estimate of drug-likeness (QED) is 0.702. The minimum absolute atomic E-state index is 0.0244. The van der Waals surface area contributed by atoms with Crippen molar-refractivity contribution in [2.24, 2.45) is 7.05 Å². The molecule has 0 radical (unpaired) electrons. The lowest BCUT2D eigenvalue weighted by molar-refractivity contribution is 0.0925. The van der Waals surface area contributed by atoms with Crippen LogP contribution in [0.2, 0.25) is 0 Å². The molecule has 1 aliphatic heterocycles. The van der Waals surface area contributed by atoms with E-state index in [9.17, 15) is 4.79 Å². The van der Waals surface area contributed by atoms with Crippen molar-refractivity contribution in [3.8, 4) is 11.5 Å². The number of hydrogen-bond donors (Lipinski definition) is 1. The molecule has 1 unspecified atom stereocenters. The number of methoxy groups -OCH3 is 2. The Hall–Kier alpha value is -3.36. The van der Waals surface area contributed by atoms with Crippen LogP contribution in [0.1, 0.15) is 23.3 Å². The molecule has 3 heterocycles. The van der Waals surface area contributed by atoms with E-state index in [1.54, 1.807) is 37.6 Å². The molecule has 29 heavy (non-hydrogen) atoms. The fourth-order valence-electron chi connectivity index (χ4n) is 3.74. The summed E-state index contributed by atoms with van der Waals surface area (Å²) < 4.78 is 12.5. The van der Waals surface area contributed by atoms with E-state index in [4.69, 9.17) is 9.47 Å². The Labute approximate surface area is 168 Å². The van der Waals surface area contributed by atoms with Crippen LogP contribution in [0, 0.1) is 0 Å². The number of amides is 1. The Balaban J connectivity index is 1.59. The third kappa shape index (κ3) is 3.67. The monoisotopic (exact) mass is 396 g/mol. The van der Waals surface area contributed by atoms with E-state index >= 15 is 0 Å². The van der Waals surface area contributed by atoms with Gasteiger partial charge in [-0.2, -0.15) is 0 Å². The first-order chi connectivity index (χ1) is 14.1. The minimum Gasteiger partial charge on any atom is -0.493 e. The first kappa shape index (κ1) is 19.0. The fraction of sp³-hybridized carbons (Fsp3) is 0.400. The molecule has 1 aromatic carbocycles. The molecule has 1 aliphatic rings. The molecule has 1 saturated heterocycles. The molecule has 3 aromatic rings. The lowest BCUT2D eigenvalue weighted by atomic mass is 10.0. The Morgan fingerprint density at radius 2 is 2.00 bits per heavy atom. The summed E-state index contributed by atoms with van der Waals surface area (Å²) in [4.78, 5) is 27.7. The van der Waals surface area contributed by atoms with Gasteiger partial charge in [-0.3, -0.25) is 4.79 Å². The smallest absolute Gasteiger partial charge is 0.269 e. The molecule has 0 spiro atoms. The third-order valence-electron chi connectivity index (χ3n) is 5.23. The zero-order valence-electron chi connectivity index (χ0n) is 16.8. The van der Waals surface area contributed by atoms with E-state index in [-0.39, 0.29) is 11.9 Å². The van der Waals surface area contributed by atoms with Crippen molar-refractivity contribution in [3.63, 3.8) is 0 Å². The lowest BCUT2D eigenvalue weighted by Gasteiger charge is -2.34. The van der Waals surface area contributed by atoms with Gasteiger partial charge in [-0.05, 0) is 18.9 Å². The number of ether oxygens (including phenoxy) is 2. The van der Waals surface area contributed by atoms with Crippen LogP contribution in [0.4, 0.5) is 5.82 Å². The SMILES string of the molecule is COc1cc2ncnc(N3CCCC(NC(=O)c4cncn4C)C3)c2cc1OC. The average molecular weight is 396 g/mol. The molecule has 1 amide bonds. The van der Waals surface area contributed by atoms with Crippen LogP contribution in [0.15, 0.2) is 31.0 Å². The number of hydrogen-bond acceptors (Lipinski definition) is 7. The molecule has 152 valence electrons. The van der Waals surface area contributed by atoms with Crippen LogP contribution in [0.3, 0.4) is 0 Å². The van der Waals surface area contributed by atoms with Gasteiger partial charge in [-0.15, -0.1) is 0 Å². The number of nitrogens with zero attached hydrogens (tertiary/aromatic N) is 5. The van der Waals surface area contributed by atoms with Crippen LogP contribution in [-0.4, -0.2) is 58.8 Å². The van der Waals surface area contributed by atoms with Crippen LogP contribution in [0.5, 0.6) is 11.5 Å². The van der Waals surface area contributed by atoms with Crippen molar-refractivity contribution in [1.29, 1.82) is 0 Å². The Kier molecular flexibility index (Phi) is 5.20. The summed E-state index contributed by atoms with van der Waals surface area (Å²) in [5.41, 5.74) is 1.33. The van der Waals surface area contributed by atoms with Gasteiger partial charge in [-0.1, -0.05) is 0 Å². The highest BCUT2D eigenvalue weighted by Crippen LogP contribution is 2.35. The van der Waals surface area contributed by atoms with E-state index in [0.717, 1.165) is 36.1 Å². The molecule has 1 fully saturated rings. The summed E-state index contributed by atoms with van der Waals surface area (Å²) in [6.45, 7) is 1.53. The van der Waals surface area contributed by atoms with E-state index in [1.165, 1.54) is 0 Å². The predicted octanol–water partition coefficient (Wildman–Crippen LogP) is 1.78. The van der Waals surface area contributed by atoms with E-state index < -0.39 is 0 Å². The number of rotatable bonds is 5. The standard InChI is InChI=1S/C20H24N6O3/c1-25-12-21-9-16(25)20(27)24-13-5-4-6-26(10-13)19-14-7-17(28-2)18(29-3)8-15(14)22-11-23-19/h7-9,11-13H,4-6,10H2,1-3H3,(H,24,27). The van der Waals surface area contributed by atoms with Gasteiger partial charge in [0.15, 0.2) is 11.5 Å². The van der Waals surface area contributed by atoms with Gasteiger partial charge >= 0.3 is 0 Å². The van der Waals surface area contributed by atoms with Crippen LogP contribution in [-0.2, 0) is 7.05 Å². The molecular formula is C20H24N6O3. The van der Waals surface area contributed by atoms with E-state index in [0.29, 0.717) is 23.7 Å². The Morgan fingerprint density at radius 1 is 1.21 bits per heavy atom. The second-order valence-electron chi connectivity index (χ2n) is 7.07. The first-order valence-electron chi connectivity index (χ1n) is 9.49. The molecule has 9 nitrogen and oxygen atoms in total. The first-order valence-corrected chi connectivity index (χ1v) is 9.49. The zero-order valence-corrected chi connectivity index (χ0v) is 16.8. The van der Waals surface area contributed by atoms with Crippen LogP contribution in [0.25, 0.3) is 10.9 Å². The molecule has 4 rings (SSSR count). The highest BCUT2D eigenvalue weighted by molar-refractivity contribution is 5.93. The lowest BCUT2D eigenvalue weighted by Crippen LogP contribution is -2.48. The second-order valence-corrected chi connectivity index (χ2v) is 7.07. The van der Waals surface area contributed by atoms with Crippen molar-refractivity contribution in [2.75, 3.05) is 32.2 Å². The summed E-state index contributed by atoms with van der Waals surface area (Å²) in [5.74, 6) is 1.98. The molecule has 0 aliphatic carbocycles. The van der Waals surface area contributed by atoms with Gasteiger partial charge in [0.1, 0.15) is 17.8 Å². The highest BCUT2D eigenvalue weighted by atomic mass is 16.5. The number of fused-ring (bicyclic) bond motifs is 1. The average Bonchev–Trinajstić information content (AvgIpc) is 3.18. The zero-order chi connectivity index (χ0) is 20.4. The van der Waals surface area contributed by atoms with Gasteiger partial charge in [0.05, 0.1) is 32.3 Å². The summed E-state index contributed by atoms with van der Waals surface area (Å²) in [5, 5.41) is 4.01. The Bertz CT molecular complexity index is 1030. The Morgan fingerprint density at radius 3 is 2.72 bits per heavy atom. The maximum Gasteiger partial charge on any atom is 0.269 e. The maximum atomic E-state index is 12.6. The van der Waals surface area contributed by atoms with Gasteiger partial charge in [0, 0.05) is 37.6 Å². The predicted molar refractivity (Wildman–Crippen MR) is 109 cm³/mol. The molecule has 1 N–H and O–H groups in total. The topological polar surface area (TPSA) is 94.4 Å². The van der Waals surface area contributed by atoms with E-state index in [2.05, 4.69) is 25.2 Å². The van der Waals surface area contributed by atoms with Crippen molar-refractivity contribution in [2.45, 2.75) is 18.9 Å². The van der Waals surface area contributed by atoms with Crippen LogP contribution < -0.4 is 19.7 Å². The number of anilines is 1. The number of carbonyl (C=O) groups excluding carboxylic acids is 1. The number of benzene rings is 1. The molecule has 9 heteroatoms. The molecule has 1 atom stereocenters. The summed E-state index contributed by atoms with van der Waals surface area (Å²) >= 11 is 0. The van der Waals surface area contributed by atoms with Crippen molar-refractivity contribution in [3.05, 3.63) is 36.7 Å². The van der Waals surface area contributed by atoms with Crippen LogP contribution >= 0.6 is 0 Å². The van der Waals surface area contributed by atoms with Gasteiger partial charge in [0.25, 0.3) is 5.91 Å². The number of carbonyl (C=O) groups is 1. The second kappa shape index (κ2) is 7.94. The number of nitrogens with one attached hydrogen (secondary N) is 1. The number of aryl methyl sites for hydroxylation is 1. The maximum absolute atomic E-state index is 12.6. The van der Waals surface area contributed by atoms with Crippen molar-refractivity contribution < 1.29 is 14.3 Å². The largest absolute Gasteiger partial charge is 0.493 e. The molecular weight excluding hydrogens is 372 g/mol. The number of piperidine rings is 1. The normalized spacial score (nSPS) is 16.7. The summed E-state index contributed by atoms with van der Waals surface area (Å²) in [6.07, 6.45) is 6.63. The molecule has 0 bridgehead atoms. The number of imidazole rings is 1. The van der Waals surface area contributed by atoms with Crippen molar-refractivity contribution in [1.82, 2.24) is 24.8 Å². The minimum atomic E-state index is -0.115. The third-order valence-corrected chi connectivity index (χ3v) is 5.23. The van der Waals surface area contributed by atoms with Crippen molar-refractivity contribution >= 4 is 22.6 Å². The molecule has 0 saturated carbocycles. The number of aromatic nitrogens is 4. The highest BCUT2D eigenvalue weighted by Gasteiger charge is 2.25.